The van der Waals surface area contributed by atoms with Crippen molar-refractivity contribution in [1.82, 2.24) is 0 Å². The van der Waals surface area contributed by atoms with Gasteiger partial charge in [0.05, 0.1) is 0 Å². The first kappa shape index (κ1) is 15.9. The minimum absolute atomic E-state index is 0. The van der Waals surface area contributed by atoms with Crippen molar-refractivity contribution in [2.24, 2.45) is 4.99 Å². The summed E-state index contributed by atoms with van der Waals surface area (Å²) in [5.41, 5.74) is 0.995. The van der Waals surface area contributed by atoms with Crippen molar-refractivity contribution in [2.75, 3.05) is 0 Å². The molecule has 0 spiro atoms. The van der Waals surface area contributed by atoms with E-state index < -0.39 is 0 Å². The van der Waals surface area contributed by atoms with Gasteiger partial charge in [-0.3, -0.25) is 0 Å². The van der Waals surface area contributed by atoms with E-state index in [4.69, 9.17) is 29.5 Å². The zero-order chi connectivity index (χ0) is 10.4. The summed E-state index contributed by atoms with van der Waals surface area (Å²) >= 11 is 12.1. The molecule has 0 unspecified atom stereocenters. The molecule has 1 aromatic carbocycles. The molecular formula is C9H6ClKN2S2. The second-order valence-electron chi connectivity index (χ2n) is 2.36. The van der Waals surface area contributed by atoms with E-state index in [1.54, 1.807) is 6.19 Å². The van der Waals surface area contributed by atoms with Crippen molar-refractivity contribution in [3.63, 3.8) is 0 Å². The van der Waals surface area contributed by atoms with Crippen LogP contribution in [0.4, 0.5) is 0 Å². The first-order valence-corrected chi connectivity index (χ1v) is 5.51. The van der Waals surface area contributed by atoms with E-state index in [2.05, 4.69) is 4.99 Å². The fraction of sp³-hybridized carbons (Fsp3) is 0.111. The van der Waals surface area contributed by atoms with Crippen molar-refractivity contribution in [1.29, 1.82) is 5.26 Å². The molecule has 0 saturated heterocycles. The summed E-state index contributed by atoms with van der Waals surface area (Å²) in [5.74, 6) is 0.643. The van der Waals surface area contributed by atoms with Crippen molar-refractivity contribution in [2.45, 2.75) is 5.75 Å². The molecule has 0 N–H and O–H groups in total. The molecule has 0 aromatic heterocycles. The Morgan fingerprint density at radius 1 is 1.53 bits per heavy atom. The van der Waals surface area contributed by atoms with Crippen LogP contribution in [0.15, 0.2) is 29.3 Å². The van der Waals surface area contributed by atoms with Crippen molar-refractivity contribution in [3.8, 4) is 6.19 Å². The Kier molecular flexibility index (Phi) is 9.49. The first-order valence-electron chi connectivity index (χ1n) is 3.74. The van der Waals surface area contributed by atoms with E-state index in [1.165, 1.54) is 11.8 Å². The smallest absolute Gasteiger partial charge is 0.752 e. The number of thioether (sulfide) groups is 1. The van der Waals surface area contributed by atoms with E-state index in [0.717, 1.165) is 5.56 Å². The molecule has 0 aliphatic heterocycles. The summed E-state index contributed by atoms with van der Waals surface area (Å²) in [6.07, 6.45) is 1.65. The van der Waals surface area contributed by atoms with Crippen LogP contribution < -0.4 is 51.4 Å². The maximum absolute atomic E-state index is 8.24. The van der Waals surface area contributed by atoms with Crippen LogP contribution in [0.25, 0.3) is 0 Å². The van der Waals surface area contributed by atoms with Gasteiger partial charge in [0.15, 0.2) is 0 Å². The Morgan fingerprint density at radius 2 is 2.20 bits per heavy atom. The van der Waals surface area contributed by atoms with Crippen molar-refractivity contribution < 1.29 is 51.4 Å². The van der Waals surface area contributed by atoms with Gasteiger partial charge in [0.25, 0.3) is 0 Å². The Balaban J connectivity index is 0.00000196. The maximum atomic E-state index is 8.24. The number of nitriles is 1. The van der Waals surface area contributed by atoms with Crippen LogP contribution in [0.3, 0.4) is 0 Å². The van der Waals surface area contributed by atoms with Gasteiger partial charge in [-0.05, 0) is 16.0 Å². The van der Waals surface area contributed by atoms with Gasteiger partial charge in [-0.1, -0.05) is 29.8 Å². The Bertz CT molecular complexity index is 390. The molecule has 1 aromatic rings. The third-order valence-corrected chi connectivity index (χ3v) is 3.06. The number of aliphatic imine (C=N–C) groups is 1. The van der Waals surface area contributed by atoms with Crippen molar-refractivity contribution >= 4 is 40.4 Å². The van der Waals surface area contributed by atoms with Crippen molar-refractivity contribution in [3.05, 3.63) is 34.9 Å². The Morgan fingerprint density at radius 3 is 2.80 bits per heavy atom. The average Bonchev–Trinajstić information content (AvgIpc) is 2.17. The molecule has 15 heavy (non-hydrogen) atoms. The Labute approximate surface area is 146 Å². The van der Waals surface area contributed by atoms with Crippen LogP contribution in [-0.2, 0) is 18.4 Å². The van der Waals surface area contributed by atoms with Gasteiger partial charge < -0.3 is 12.6 Å². The number of nitrogens with zero attached hydrogens (tertiary/aromatic N) is 2. The molecule has 72 valence electrons. The van der Waals surface area contributed by atoms with E-state index in [9.17, 15) is 0 Å². The number of halogens is 1. The first-order chi connectivity index (χ1) is 6.74. The maximum Gasteiger partial charge on any atom is 1.00 e. The van der Waals surface area contributed by atoms with E-state index in [0.29, 0.717) is 15.2 Å². The number of hydrogen-bond donors (Lipinski definition) is 0. The Hall–Kier alpha value is 0.876. The van der Waals surface area contributed by atoms with Gasteiger partial charge in [-0.2, -0.15) is 10.3 Å². The standard InChI is InChI=1S/C9H7ClN2S2.K/c10-8-4-2-1-3-7(8)5-14-9(13)12-6-11;/h1-4H,5H2,(H,12,13);/q;+1/p-1. The summed E-state index contributed by atoms with van der Waals surface area (Å²) in [6.45, 7) is 0. The zero-order valence-corrected chi connectivity index (χ0v) is 13.6. The fourth-order valence-corrected chi connectivity index (χ4v) is 1.96. The quantitative estimate of drug-likeness (QED) is 0.251. The monoisotopic (exact) mass is 280 g/mol. The van der Waals surface area contributed by atoms with E-state index in [1.807, 2.05) is 24.3 Å². The third kappa shape index (κ3) is 6.24. The predicted molar refractivity (Wildman–Crippen MR) is 63.2 cm³/mol. The summed E-state index contributed by atoms with van der Waals surface area (Å²) in [6, 6.07) is 7.52. The number of rotatable bonds is 2. The van der Waals surface area contributed by atoms with Gasteiger partial charge in [0.2, 0.25) is 6.19 Å². The number of benzene rings is 1. The van der Waals surface area contributed by atoms with Crippen LogP contribution in [-0.4, -0.2) is 4.38 Å². The van der Waals surface area contributed by atoms with Gasteiger partial charge in [-0.15, -0.1) is 11.8 Å². The molecule has 0 heterocycles. The normalized spacial score (nSPS) is 10.3. The molecule has 0 saturated carbocycles. The SMILES string of the molecule is N#CN=C([S-])SCc1ccccc1Cl.[K+]. The molecule has 0 atom stereocenters. The molecule has 2 nitrogen and oxygen atoms in total. The minimum Gasteiger partial charge on any atom is -0.752 e. The molecular weight excluding hydrogens is 275 g/mol. The molecule has 0 fully saturated rings. The van der Waals surface area contributed by atoms with Gasteiger partial charge in [0, 0.05) is 10.8 Å². The number of hydrogen-bond acceptors (Lipinski definition) is 4. The largest absolute Gasteiger partial charge is 1.00 e. The molecule has 0 radical (unpaired) electrons. The van der Waals surface area contributed by atoms with Crippen LogP contribution >= 0.6 is 23.4 Å². The third-order valence-electron chi connectivity index (χ3n) is 1.45. The molecule has 0 bridgehead atoms. The van der Waals surface area contributed by atoms with Crippen LogP contribution in [0.2, 0.25) is 5.02 Å². The molecule has 0 amide bonds. The van der Waals surface area contributed by atoms with Gasteiger partial charge in [-0.25, -0.2) is 0 Å². The van der Waals surface area contributed by atoms with E-state index in [-0.39, 0.29) is 51.4 Å². The summed E-state index contributed by atoms with van der Waals surface area (Å²) < 4.78 is 0.340. The average molecular weight is 281 g/mol. The van der Waals surface area contributed by atoms with Crippen LogP contribution in [0.5, 0.6) is 0 Å². The summed E-state index contributed by atoms with van der Waals surface area (Å²) in [4.78, 5) is 3.43. The summed E-state index contributed by atoms with van der Waals surface area (Å²) in [5, 5.41) is 8.95. The predicted octanol–water partition coefficient (Wildman–Crippen LogP) is -0.0388. The van der Waals surface area contributed by atoms with E-state index >= 15 is 0 Å². The minimum atomic E-state index is 0. The molecule has 0 aliphatic carbocycles. The summed E-state index contributed by atoms with van der Waals surface area (Å²) in [7, 11) is 0. The molecule has 6 heteroatoms. The van der Waals surface area contributed by atoms with Crippen LogP contribution in [0, 0.1) is 11.5 Å². The second-order valence-corrected chi connectivity index (χ2v) is 4.37. The van der Waals surface area contributed by atoms with Gasteiger partial charge in [0.1, 0.15) is 0 Å². The molecule has 0 aliphatic rings. The van der Waals surface area contributed by atoms with Crippen LogP contribution in [0.1, 0.15) is 5.56 Å². The fourth-order valence-electron chi connectivity index (χ4n) is 0.828. The zero-order valence-electron chi connectivity index (χ0n) is 8.11. The van der Waals surface area contributed by atoms with Gasteiger partial charge >= 0.3 is 51.4 Å². The topological polar surface area (TPSA) is 36.1 Å². The second kappa shape index (κ2) is 8.96. The molecule has 1 rings (SSSR count).